The Hall–Kier alpha value is -0.810. The van der Waals surface area contributed by atoms with Crippen LogP contribution in [-0.4, -0.2) is 48.9 Å². The van der Waals surface area contributed by atoms with Gasteiger partial charge in [0.05, 0.1) is 0 Å². The molecule has 6 heteroatoms. The Morgan fingerprint density at radius 3 is 2.73 bits per heavy atom. The quantitative estimate of drug-likeness (QED) is 0.803. The number of piperidine rings is 1. The fourth-order valence-electron chi connectivity index (χ4n) is 3.14. The summed E-state index contributed by atoms with van der Waals surface area (Å²) in [4.78, 5) is 26.0. The van der Waals surface area contributed by atoms with E-state index in [-0.39, 0.29) is 36.2 Å². The normalized spacial score (nSPS) is 25.0. The molecule has 0 spiro atoms. The molecule has 2 aliphatic heterocycles. The zero-order valence-electron chi connectivity index (χ0n) is 13.8. The molecule has 0 radical (unpaired) electrons. The fourth-order valence-corrected chi connectivity index (χ4v) is 3.14. The average Bonchev–Trinajstić information content (AvgIpc) is 2.98. The van der Waals surface area contributed by atoms with Crippen LogP contribution in [0.25, 0.3) is 0 Å². The standard InChI is InChI=1S/C16H29N3O2.ClH/c1-12(2)16(21)18-14-4-3-9-19(11-14)15(20)6-5-13-7-8-17-10-13;/h12-14,17H,3-11H2,1-2H3,(H,18,21);1H. The maximum Gasteiger partial charge on any atom is 0.222 e. The molecule has 0 aromatic carbocycles. The van der Waals surface area contributed by atoms with E-state index in [1.807, 2.05) is 18.7 Å². The Bertz CT molecular complexity index is 370. The zero-order valence-corrected chi connectivity index (χ0v) is 14.6. The predicted molar refractivity (Wildman–Crippen MR) is 90.0 cm³/mol. The van der Waals surface area contributed by atoms with Gasteiger partial charge in [0.1, 0.15) is 0 Å². The summed E-state index contributed by atoms with van der Waals surface area (Å²) in [5.41, 5.74) is 0. The number of rotatable bonds is 5. The van der Waals surface area contributed by atoms with Gasteiger partial charge >= 0.3 is 0 Å². The molecular formula is C16H30ClN3O2. The molecule has 0 bridgehead atoms. The van der Waals surface area contributed by atoms with Gasteiger partial charge < -0.3 is 15.5 Å². The molecule has 0 aromatic heterocycles. The van der Waals surface area contributed by atoms with Crippen molar-refractivity contribution < 1.29 is 9.59 Å². The lowest BCUT2D eigenvalue weighted by molar-refractivity contribution is -0.134. The lowest BCUT2D eigenvalue weighted by Crippen LogP contribution is -2.50. The minimum Gasteiger partial charge on any atom is -0.351 e. The van der Waals surface area contributed by atoms with E-state index in [0.29, 0.717) is 18.9 Å². The van der Waals surface area contributed by atoms with Crippen molar-refractivity contribution in [1.29, 1.82) is 0 Å². The Labute approximate surface area is 140 Å². The Kier molecular flexibility index (Phi) is 8.18. The highest BCUT2D eigenvalue weighted by Gasteiger charge is 2.26. The van der Waals surface area contributed by atoms with Crippen molar-refractivity contribution in [2.24, 2.45) is 11.8 Å². The third-order valence-electron chi connectivity index (χ3n) is 4.57. The van der Waals surface area contributed by atoms with E-state index >= 15 is 0 Å². The SMILES string of the molecule is CC(C)C(=O)NC1CCCN(C(=O)CCC2CCNC2)C1.Cl. The Morgan fingerprint density at radius 2 is 2.09 bits per heavy atom. The van der Waals surface area contributed by atoms with Crippen LogP contribution < -0.4 is 10.6 Å². The number of carbonyl (C=O) groups excluding carboxylic acids is 2. The van der Waals surface area contributed by atoms with Gasteiger partial charge in [-0.05, 0) is 44.7 Å². The highest BCUT2D eigenvalue weighted by molar-refractivity contribution is 5.85. The molecule has 5 nitrogen and oxygen atoms in total. The number of halogens is 1. The van der Waals surface area contributed by atoms with Gasteiger partial charge in [-0.1, -0.05) is 13.8 Å². The third-order valence-corrected chi connectivity index (χ3v) is 4.57. The molecule has 0 aromatic rings. The lowest BCUT2D eigenvalue weighted by atomic mass is 10.0. The van der Waals surface area contributed by atoms with Crippen molar-refractivity contribution in [3.05, 3.63) is 0 Å². The number of nitrogens with one attached hydrogen (secondary N) is 2. The van der Waals surface area contributed by atoms with Crippen molar-refractivity contribution in [3.8, 4) is 0 Å². The number of nitrogens with zero attached hydrogens (tertiary/aromatic N) is 1. The van der Waals surface area contributed by atoms with Gasteiger partial charge in [0.2, 0.25) is 11.8 Å². The molecule has 2 fully saturated rings. The largest absolute Gasteiger partial charge is 0.351 e. The first-order valence-electron chi connectivity index (χ1n) is 8.35. The van der Waals surface area contributed by atoms with Gasteiger partial charge in [-0.2, -0.15) is 0 Å². The van der Waals surface area contributed by atoms with Crippen LogP contribution in [0.4, 0.5) is 0 Å². The molecule has 128 valence electrons. The summed E-state index contributed by atoms with van der Waals surface area (Å²) in [5, 5.41) is 6.40. The van der Waals surface area contributed by atoms with Crippen LogP contribution in [0.5, 0.6) is 0 Å². The van der Waals surface area contributed by atoms with Crippen LogP contribution in [0.3, 0.4) is 0 Å². The van der Waals surface area contributed by atoms with Gasteiger partial charge in [0.25, 0.3) is 0 Å². The van der Waals surface area contributed by atoms with Gasteiger partial charge in [-0.3, -0.25) is 9.59 Å². The molecule has 2 N–H and O–H groups in total. The summed E-state index contributed by atoms with van der Waals surface area (Å²) in [6.45, 7) is 7.47. The molecule has 2 saturated heterocycles. The second kappa shape index (κ2) is 9.36. The summed E-state index contributed by atoms with van der Waals surface area (Å²) in [5.74, 6) is 1.01. The molecule has 2 amide bonds. The van der Waals surface area contributed by atoms with Crippen molar-refractivity contribution in [2.45, 2.75) is 52.0 Å². The van der Waals surface area contributed by atoms with E-state index in [1.165, 1.54) is 6.42 Å². The van der Waals surface area contributed by atoms with Gasteiger partial charge in [-0.25, -0.2) is 0 Å². The van der Waals surface area contributed by atoms with E-state index in [2.05, 4.69) is 10.6 Å². The summed E-state index contributed by atoms with van der Waals surface area (Å²) >= 11 is 0. The van der Waals surface area contributed by atoms with Crippen LogP contribution in [-0.2, 0) is 9.59 Å². The minimum atomic E-state index is 0. The average molecular weight is 332 g/mol. The van der Waals surface area contributed by atoms with Crippen molar-refractivity contribution in [3.63, 3.8) is 0 Å². The third kappa shape index (κ3) is 5.76. The second-order valence-corrected chi connectivity index (χ2v) is 6.74. The van der Waals surface area contributed by atoms with E-state index in [1.54, 1.807) is 0 Å². The number of carbonyl (C=O) groups is 2. The van der Waals surface area contributed by atoms with Crippen LogP contribution in [0.1, 0.15) is 46.0 Å². The summed E-state index contributed by atoms with van der Waals surface area (Å²) < 4.78 is 0. The van der Waals surface area contributed by atoms with Crippen LogP contribution in [0, 0.1) is 11.8 Å². The predicted octanol–water partition coefficient (Wildman–Crippen LogP) is 1.56. The summed E-state index contributed by atoms with van der Waals surface area (Å²) in [6, 6.07) is 0.130. The number of hydrogen-bond acceptors (Lipinski definition) is 3. The Balaban J connectivity index is 0.00000242. The van der Waals surface area contributed by atoms with Crippen LogP contribution in [0.15, 0.2) is 0 Å². The number of hydrogen-bond donors (Lipinski definition) is 2. The molecule has 0 aliphatic carbocycles. The molecule has 2 rings (SSSR count). The molecule has 22 heavy (non-hydrogen) atoms. The fraction of sp³-hybridized carbons (Fsp3) is 0.875. The van der Waals surface area contributed by atoms with E-state index < -0.39 is 0 Å². The van der Waals surface area contributed by atoms with E-state index in [4.69, 9.17) is 0 Å². The van der Waals surface area contributed by atoms with E-state index in [9.17, 15) is 9.59 Å². The first-order valence-corrected chi connectivity index (χ1v) is 8.35. The van der Waals surface area contributed by atoms with Crippen molar-refractivity contribution in [2.75, 3.05) is 26.2 Å². The van der Waals surface area contributed by atoms with Crippen molar-refractivity contribution >= 4 is 24.2 Å². The second-order valence-electron chi connectivity index (χ2n) is 6.74. The van der Waals surface area contributed by atoms with Crippen LogP contribution in [0.2, 0.25) is 0 Å². The smallest absolute Gasteiger partial charge is 0.222 e. The number of likely N-dealkylation sites (tertiary alicyclic amines) is 1. The van der Waals surface area contributed by atoms with E-state index in [0.717, 1.165) is 38.9 Å². The highest BCUT2D eigenvalue weighted by atomic mass is 35.5. The first kappa shape index (κ1) is 19.2. The van der Waals surface area contributed by atoms with Crippen LogP contribution >= 0.6 is 12.4 Å². The van der Waals surface area contributed by atoms with Gasteiger partial charge in [-0.15, -0.1) is 12.4 Å². The Morgan fingerprint density at radius 1 is 1.32 bits per heavy atom. The van der Waals surface area contributed by atoms with Gasteiger partial charge in [0.15, 0.2) is 0 Å². The molecule has 2 aliphatic rings. The summed E-state index contributed by atoms with van der Waals surface area (Å²) in [7, 11) is 0. The number of amides is 2. The molecule has 2 unspecified atom stereocenters. The highest BCUT2D eigenvalue weighted by Crippen LogP contribution is 2.17. The molecular weight excluding hydrogens is 302 g/mol. The maximum atomic E-state index is 12.3. The first-order chi connectivity index (χ1) is 10.1. The molecule has 2 atom stereocenters. The maximum absolute atomic E-state index is 12.3. The molecule has 2 heterocycles. The monoisotopic (exact) mass is 331 g/mol. The zero-order chi connectivity index (χ0) is 15.2. The molecule has 0 saturated carbocycles. The van der Waals surface area contributed by atoms with Gasteiger partial charge in [0, 0.05) is 31.5 Å². The topological polar surface area (TPSA) is 61.4 Å². The minimum absolute atomic E-state index is 0. The lowest BCUT2D eigenvalue weighted by Gasteiger charge is -2.33. The van der Waals surface area contributed by atoms with Crippen molar-refractivity contribution in [1.82, 2.24) is 15.5 Å². The summed E-state index contributed by atoms with van der Waals surface area (Å²) in [6.07, 6.45) is 4.80.